The second-order valence-corrected chi connectivity index (χ2v) is 7.12. The van der Waals surface area contributed by atoms with Gasteiger partial charge in [-0.05, 0) is 43.6 Å². The maximum Gasteiger partial charge on any atom is 0.315 e. The van der Waals surface area contributed by atoms with Crippen LogP contribution < -0.4 is 0 Å². The number of hydrogen-bond acceptors (Lipinski definition) is 4. The molecule has 0 bridgehead atoms. The summed E-state index contributed by atoms with van der Waals surface area (Å²) >= 11 is 0. The summed E-state index contributed by atoms with van der Waals surface area (Å²) in [6.07, 6.45) is 3.36. The Morgan fingerprint density at radius 2 is 1.96 bits per heavy atom. The summed E-state index contributed by atoms with van der Waals surface area (Å²) in [4.78, 5) is 24.3. The van der Waals surface area contributed by atoms with Crippen LogP contribution in [-0.2, 0) is 25.5 Å². The van der Waals surface area contributed by atoms with Crippen LogP contribution in [0.1, 0.15) is 52.0 Å². The van der Waals surface area contributed by atoms with Gasteiger partial charge >= 0.3 is 11.9 Å². The fraction of sp³-hybridized carbons (Fsp3) is 0.600. The van der Waals surface area contributed by atoms with Gasteiger partial charge in [0.2, 0.25) is 0 Å². The summed E-state index contributed by atoms with van der Waals surface area (Å²) in [6.45, 7) is 5.84. The molecule has 2 atom stereocenters. The average Bonchev–Trinajstić information content (AvgIpc) is 2.94. The molecule has 4 heteroatoms. The van der Waals surface area contributed by atoms with Gasteiger partial charge in [0.05, 0.1) is 6.61 Å². The van der Waals surface area contributed by atoms with E-state index in [1.807, 2.05) is 32.0 Å². The smallest absolute Gasteiger partial charge is 0.315 e. The maximum absolute atomic E-state index is 12.9. The van der Waals surface area contributed by atoms with Crippen LogP contribution >= 0.6 is 0 Å². The van der Waals surface area contributed by atoms with E-state index in [-0.39, 0.29) is 24.0 Å². The van der Waals surface area contributed by atoms with Crippen molar-refractivity contribution in [2.24, 2.45) is 11.3 Å². The third-order valence-corrected chi connectivity index (χ3v) is 4.67. The second kappa shape index (κ2) is 8.32. The van der Waals surface area contributed by atoms with Crippen molar-refractivity contribution in [1.82, 2.24) is 0 Å². The van der Waals surface area contributed by atoms with Gasteiger partial charge in [-0.25, -0.2) is 0 Å². The first-order chi connectivity index (χ1) is 11.4. The number of hydrogen-bond donors (Lipinski definition) is 0. The van der Waals surface area contributed by atoms with Gasteiger partial charge in [0.25, 0.3) is 0 Å². The molecule has 0 heterocycles. The van der Waals surface area contributed by atoms with Gasteiger partial charge in [0, 0.05) is 6.92 Å². The normalized spacial score (nSPS) is 23.2. The lowest BCUT2D eigenvalue weighted by molar-refractivity contribution is -0.171. The molecule has 24 heavy (non-hydrogen) atoms. The van der Waals surface area contributed by atoms with E-state index < -0.39 is 5.41 Å². The largest absolute Gasteiger partial charge is 0.465 e. The zero-order valence-electron chi connectivity index (χ0n) is 14.9. The fourth-order valence-electron chi connectivity index (χ4n) is 3.43. The lowest BCUT2D eigenvalue weighted by Gasteiger charge is -2.33. The van der Waals surface area contributed by atoms with Gasteiger partial charge in [-0.1, -0.05) is 44.2 Å². The molecule has 1 aliphatic carbocycles. The average molecular weight is 332 g/mol. The molecule has 0 spiro atoms. The Hall–Kier alpha value is -1.84. The van der Waals surface area contributed by atoms with Crippen molar-refractivity contribution in [2.45, 2.75) is 59.0 Å². The molecule has 1 aliphatic rings. The van der Waals surface area contributed by atoms with Crippen molar-refractivity contribution in [3.8, 4) is 0 Å². The Kier molecular flexibility index (Phi) is 6.41. The first kappa shape index (κ1) is 18.5. The van der Waals surface area contributed by atoms with Crippen LogP contribution in [0.25, 0.3) is 0 Å². The molecule has 0 N–H and O–H groups in total. The molecule has 2 rings (SSSR count). The Balaban J connectivity index is 2.16. The fourth-order valence-corrected chi connectivity index (χ4v) is 3.43. The van der Waals surface area contributed by atoms with E-state index in [2.05, 4.69) is 12.1 Å². The van der Waals surface area contributed by atoms with Crippen LogP contribution in [0.3, 0.4) is 0 Å². The van der Waals surface area contributed by atoms with E-state index in [4.69, 9.17) is 9.47 Å². The predicted octanol–water partition coefficient (Wildman–Crippen LogP) is 3.92. The third-order valence-electron chi connectivity index (χ3n) is 4.67. The zero-order valence-corrected chi connectivity index (χ0v) is 14.9. The number of benzene rings is 1. The highest BCUT2D eigenvalue weighted by Crippen LogP contribution is 2.45. The SMILES string of the molecule is CC(=O)OC1CCCC1(CCc1ccccc1)C(=O)OCC(C)C. The van der Waals surface area contributed by atoms with Crippen LogP contribution in [0.5, 0.6) is 0 Å². The van der Waals surface area contributed by atoms with Crippen molar-refractivity contribution in [2.75, 3.05) is 6.61 Å². The summed E-state index contributed by atoms with van der Waals surface area (Å²) in [5.41, 5.74) is 0.471. The van der Waals surface area contributed by atoms with Gasteiger partial charge in [-0.2, -0.15) is 0 Å². The minimum atomic E-state index is -0.712. The zero-order chi connectivity index (χ0) is 17.6. The van der Waals surface area contributed by atoms with E-state index in [9.17, 15) is 9.59 Å². The standard InChI is InChI=1S/C20H28O4/c1-15(2)14-23-19(22)20(12-7-10-18(20)24-16(3)21)13-11-17-8-5-4-6-9-17/h4-6,8-9,15,18H,7,10-14H2,1-3H3. The quantitative estimate of drug-likeness (QED) is 0.710. The van der Waals surface area contributed by atoms with Crippen LogP contribution in [0.4, 0.5) is 0 Å². The Bertz CT molecular complexity index is 552. The lowest BCUT2D eigenvalue weighted by Crippen LogP contribution is -2.42. The highest BCUT2D eigenvalue weighted by Gasteiger charge is 2.51. The number of carbonyl (C=O) groups is 2. The minimum absolute atomic E-state index is 0.212. The Labute approximate surface area is 144 Å². The molecule has 0 amide bonds. The van der Waals surface area contributed by atoms with Crippen LogP contribution in [0.2, 0.25) is 0 Å². The first-order valence-corrected chi connectivity index (χ1v) is 8.82. The van der Waals surface area contributed by atoms with E-state index in [1.54, 1.807) is 0 Å². The third kappa shape index (κ3) is 4.59. The molecule has 0 saturated heterocycles. The van der Waals surface area contributed by atoms with Crippen molar-refractivity contribution < 1.29 is 19.1 Å². The van der Waals surface area contributed by atoms with Crippen molar-refractivity contribution in [3.05, 3.63) is 35.9 Å². The van der Waals surface area contributed by atoms with E-state index in [1.165, 1.54) is 12.5 Å². The summed E-state index contributed by atoms with van der Waals surface area (Å²) in [5.74, 6) is -0.257. The first-order valence-electron chi connectivity index (χ1n) is 8.82. The molecule has 0 radical (unpaired) electrons. The Morgan fingerprint density at radius 3 is 2.58 bits per heavy atom. The van der Waals surface area contributed by atoms with Crippen molar-refractivity contribution >= 4 is 11.9 Å². The highest BCUT2D eigenvalue weighted by molar-refractivity contribution is 5.79. The molecule has 0 aliphatic heterocycles. The van der Waals surface area contributed by atoms with Crippen LogP contribution in [-0.4, -0.2) is 24.6 Å². The van der Waals surface area contributed by atoms with Crippen LogP contribution in [0.15, 0.2) is 30.3 Å². The van der Waals surface area contributed by atoms with Crippen molar-refractivity contribution in [1.29, 1.82) is 0 Å². The molecule has 1 saturated carbocycles. The van der Waals surface area contributed by atoms with E-state index >= 15 is 0 Å². The van der Waals surface area contributed by atoms with E-state index in [0.29, 0.717) is 19.4 Å². The van der Waals surface area contributed by atoms with E-state index in [0.717, 1.165) is 19.3 Å². The Morgan fingerprint density at radius 1 is 1.25 bits per heavy atom. The molecule has 2 unspecified atom stereocenters. The minimum Gasteiger partial charge on any atom is -0.465 e. The lowest BCUT2D eigenvalue weighted by atomic mass is 9.78. The van der Waals surface area contributed by atoms with Gasteiger partial charge < -0.3 is 9.47 Å². The predicted molar refractivity (Wildman–Crippen MR) is 92.4 cm³/mol. The molecule has 1 fully saturated rings. The van der Waals surface area contributed by atoms with Gasteiger partial charge in [0.15, 0.2) is 0 Å². The second-order valence-electron chi connectivity index (χ2n) is 7.12. The number of esters is 2. The summed E-state index contributed by atoms with van der Waals surface area (Å²) in [7, 11) is 0. The molecule has 1 aromatic rings. The number of rotatable bonds is 7. The molecular weight excluding hydrogens is 304 g/mol. The number of aryl methyl sites for hydroxylation is 1. The summed E-state index contributed by atoms with van der Waals surface area (Å²) < 4.78 is 11.1. The van der Waals surface area contributed by atoms with Gasteiger partial charge in [0.1, 0.15) is 11.5 Å². The van der Waals surface area contributed by atoms with Crippen LogP contribution in [0, 0.1) is 11.3 Å². The number of carbonyl (C=O) groups excluding carboxylic acids is 2. The maximum atomic E-state index is 12.9. The topological polar surface area (TPSA) is 52.6 Å². The molecule has 132 valence electrons. The molecule has 1 aromatic carbocycles. The molecule has 0 aromatic heterocycles. The van der Waals surface area contributed by atoms with Crippen molar-refractivity contribution in [3.63, 3.8) is 0 Å². The number of ether oxygens (including phenoxy) is 2. The molecule has 4 nitrogen and oxygen atoms in total. The molecular formula is C20H28O4. The van der Waals surface area contributed by atoms with Gasteiger partial charge in [-0.15, -0.1) is 0 Å². The highest BCUT2D eigenvalue weighted by atomic mass is 16.6. The van der Waals surface area contributed by atoms with Gasteiger partial charge in [-0.3, -0.25) is 9.59 Å². The summed E-state index contributed by atoms with van der Waals surface area (Å²) in [5, 5.41) is 0. The summed E-state index contributed by atoms with van der Waals surface area (Å²) in [6, 6.07) is 10.1. The monoisotopic (exact) mass is 332 g/mol.